The van der Waals surface area contributed by atoms with Gasteiger partial charge < -0.3 is 14.4 Å². The van der Waals surface area contributed by atoms with Crippen molar-refractivity contribution in [2.45, 2.75) is 39.2 Å². The van der Waals surface area contributed by atoms with Crippen molar-refractivity contribution in [2.24, 2.45) is 5.92 Å². The molecule has 0 spiro atoms. The second-order valence-electron chi connectivity index (χ2n) is 5.35. The molecule has 0 aromatic heterocycles. The zero-order chi connectivity index (χ0) is 13.8. The van der Waals surface area contributed by atoms with Gasteiger partial charge in [-0.05, 0) is 33.6 Å². The van der Waals surface area contributed by atoms with Crippen molar-refractivity contribution in [3.8, 4) is 0 Å². The van der Waals surface area contributed by atoms with Gasteiger partial charge in [0.15, 0.2) is 0 Å². The molecule has 0 unspecified atom stereocenters. The molecule has 1 aliphatic rings. The highest BCUT2D eigenvalue weighted by Gasteiger charge is 2.30. The molecule has 1 saturated heterocycles. The van der Waals surface area contributed by atoms with Crippen molar-refractivity contribution >= 4 is 12.1 Å². The zero-order valence-corrected chi connectivity index (χ0v) is 11.3. The number of ether oxygens (including phenoxy) is 2. The Morgan fingerprint density at radius 3 is 2.28 bits per heavy atom. The minimum atomic E-state index is -0.490. The summed E-state index contributed by atoms with van der Waals surface area (Å²) in [5.74, 6) is -0.421. The lowest BCUT2D eigenvalue weighted by molar-refractivity contribution is -0.144. The van der Waals surface area contributed by atoms with Crippen LogP contribution in [0.3, 0.4) is 0 Å². The first-order valence-corrected chi connectivity index (χ1v) is 6.13. The van der Waals surface area contributed by atoms with Gasteiger partial charge in [0.2, 0.25) is 0 Å². The second-order valence-corrected chi connectivity index (χ2v) is 5.35. The first kappa shape index (κ1) is 14.5. The maximum Gasteiger partial charge on any atom is 0.410 e. The molecular formula is C13H21NO4. The molecule has 0 atom stereocenters. The fourth-order valence-corrected chi connectivity index (χ4v) is 1.80. The summed E-state index contributed by atoms with van der Waals surface area (Å²) in [5.41, 5.74) is -0.490. The number of amides is 1. The second kappa shape index (κ2) is 5.89. The van der Waals surface area contributed by atoms with Crippen molar-refractivity contribution in [3.63, 3.8) is 0 Å². The Balaban J connectivity index is 2.42. The monoisotopic (exact) mass is 255 g/mol. The summed E-state index contributed by atoms with van der Waals surface area (Å²) >= 11 is 0. The molecule has 18 heavy (non-hydrogen) atoms. The lowest BCUT2D eigenvalue weighted by Crippen LogP contribution is -2.43. The molecule has 1 aliphatic heterocycles. The molecule has 1 rings (SSSR count). The average Bonchev–Trinajstić information content (AvgIpc) is 2.27. The fraction of sp³-hybridized carbons (Fsp3) is 0.692. The number of piperidine rings is 1. The van der Waals surface area contributed by atoms with E-state index in [2.05, 4.69) is 6.58 Å². The van der Waals surface area contributed by atoms with Crippen molar-refractivity contribution in [3.05, 3.63) is 12.8 Å². The van der Waals surface area contributed by atoms with Gasteiger partial charge >= 0.3 is 12.1 Å². The number of carbonyl (C=O) groups is 2. The van der Waals surface area contributed by atoms with Gasteiger partial charge in [-0.3, -0.25) is 4.79 Å². The standard InChI is InChI=1S/C13H21NO4/c1-5-17-11(15)10-6-8-14(9-7-10)12(16)18-13(2,3)4/h5,10H,1,6-9H2,2-4H3. The molecule has 1 fully saturated rings. The van der Waals surface area contributed by atoms with E-state index in [0.717, 1.165) is 6.26 Å². The number of carbonyl (C=O) groups excluding carboxylic acids is 2. The number of hydrogen-bond donors (Lipinski definition) is 0. The molecule has 1 heterocycles. The minimum absolute atomic E-state index is 0.151. The fourth-order valence-electron chi connectivity index (χ4n) is 1.80. The number of nitrogens with zero attached hydrogens (tertiary/aromatic N) is 1. The SMILES string of the molecule is C=COC(=O)C1CCN(C(=O)OC(C)(C)C)CC1. The number of esters is 1. The molecule has 0 aromatic carbocycles. The predicted octanol–water partition coefficient (Wildman–Crippen LogP) is 2.32. The van der Waals surface area contributed by atoms with E-state index in [4.69, 9.17) is 9.47 Å². The summed E-state index contributed by atoms with van der Waals surface area (Å²) in [6.45, 7) is 9.89. The zero-order valence-electron chi connectivity index (χ0n) is 11.3. The topological polar surface area (TPSA) is 55.8 Å². The molecule has 0 bridgehead atoms. The van der Waals surface area contributed by atoms with Gasteiger partial charge in [-0.15, -0.1) is 0 Å². The first-order valence-electron chi connectivity index (χ1n) is 6.13. The van der Waals surface area contributed by atoms with Gasteiger partial charge in [-0.25, -0.2) is 4.79 Å². The molecule has 0 radical (unpaired) electrons. The van der Waals surface area contributed by atoms with Gasteiger partial charge in [0.05, 0.1) is 12.2 Å². The Hall–Kier alpha value is -1.52. The normalized spacial score (nSPS) is 17.2. The highest BCUT2D eigenvalue weighted by Crippen LogP contribution is 2.20. The molecule has 0 saturated carbocycles. The van der Waals surface area contributed by atoms with Crippen molar-refractivity contribution in [2.75, 3.05) is 13.1 Å². The Morgan fingerprint density at radius 1 is 1.28 bits per heavy atom. The molecule has 0 N–H and O–H groups in total. The number of hydrogen-bond acceptors (Lipinski definition) is 4. The van der Waals surface area contributed by atoms with Crippen LogP contribution in [0.15, 0.2) is 12.8 Å². The van der Waals surface area contributed by atoms with Gasteiger partial charge in [-0.1, -0.05) is 6.58 Å². The third-order valence-corrected chi connectivity index (χ3v) is 2.68. The highest BCUT2D eigenvalue weighted by atomic mass is 16.6. The van der Waals surface area contributed by atoms with Crippen LogP contribution in [-0.4, -0.2) is 35.7 Å². The highest BCUT2D eigenvalue weighted by molar-refractivity contribution is 5.74. The van der Waals surface area contributed by atoms with Crippen molar-refractivity contribution in [1.29, 1.82) is 0 Å². The molecular weight excluding hydrogens is 234 g/mol. The van der Waals surface area contributed by atoms with Gasteiger partial charge in [0.1, 0.15) is 5.60 Å². The quantitative estimate of drug-likeness (QED) is 0.561. The maximum atomic E-state index is 11.8. The summed E-state index contributed by atoms with van der Waals surface area (Å²) in [4.78, 5) is 24.9. The van der Waals surface area contributed by atoms with E-state index in [0.29, 0.717) is 25.9 Å². The maximum absolute atomic E-state index is 11.8. The minimum Gasteiger partial charge on any atom is -0.444 e. The van der Waals surface area contributed by atoms with Gasteiger partial charge in [-0.2, -0.15) is 0 Å². The Bertz CT molecular complexity index is 324. The molecule has 102 valence electrons. The van der Waals surface area contributed by atoms with Gasteiger partial charge in [0, 0.05) is 13.1 Å². The number of rotatable bonds is 2. The van der Waals surface area contributed by atoms with Crippen LogP contribution in [0.25, 0.3) is 0 Å². The van der Waals surface area contributed by atoms with Crippen LogP contribution in [0.1, 0.15) is 33.6 Å². The smallest absolute Gasteiger partial charge is 0.410 e. The van der Waals surface area contributed by atoms with Crippen LogP contribution >= 0.6 is 0 Å². The van der Waals surface area contributed by atoms with Crippen LogP contribution in [0.4, 0.5) is 4.79 Å². The molecule has 5 nitrogen and oxygen atoms in total. The van der Waals surface area contributed by atoms with E-state index in [1.54, 1.807) is 4.90 Å². The Morgan fingerprint density at radius 2 is 1.83 bits per heavy atom. The summed E-state index contributed by atoms with van der Waals surface area (Å²) in [6.07, 6.45) is 2.03. The van der Waals surface area contributed by atoms with Crippen LogP contribution in [0.2, 0.25) is 0 Å². The van der Waals surface area contributed by atoms with E-state index in [1.807, 2.05) is 20.8 Å². The molecule has 0 aliphatic carbocycles. The van der Waals surface area contributed by atoms with Crippen LogP contribution in [0, 0.1) is 5.92 Å². The largest absolute Gasteiger partial charge is 0.444 e. The lowest BCUT2D eigenvalue weighted by Gasteiger charge is -2.32. The summed E-state index contributed by atoms with van der Waals surface area (Å²) in [5, 5.41) is 0. The summed E-state index contributed by atoms with van der Waals surface area (Å²) in [6, 6.07) is 0. The van der Waals surface area contributed by atoms with E-state index in [-0.39, 0.29) is 18.0 Å². The van der Waals surface area contributed by atoms with Crippen molar-refractivity contribution in [1.82, 2.24) is 4.90 Å². The van der Waals surface area contributed by atoms with E-state index in [1.165, 1.54) is 0 Å². The predicted molar refractivity (Wildman–Crippen MR) is 66.8 cm³/mol. The van der Waals surface area contributed by atoms with Crippen LogP contribution in [-0.2, 0) is 14.3 Å². The van der Waals surface area contributed by atoms with Crippen LogP contribution < -0.4 is 0 Å². The average molecular weight is 255 g/mol. The molecule has 5 heteroatoms. The van der Waals surface area contributed by atoms with E-state index >= 15 is 0 Å². The Labute approximate surface area is 108 Å². The van der Waals surface area contributed by atoms with Crippen molar-refractivity contribution < 1.29 is 19.1 Å². The first-order chi connectivity index (χ1) is 8.33. The third kappa shape index (κ3) is 4.39. The third-order valence-electron chi connectivity index (χ3n) is 2.68. The van der Waals surface area contributed by atoms with Crippen LogP contribution in [0.5, 0.6) is 0 Å². The summed E-state index contributed by atoms with van der Waals surface area (Å²) in [7, 11) is 0. The molecule has 1 amide bonds. The lowest BCUT2D eigenvalue weighted by atomic mass is 9.97. The molecule has 0 aromatic rings. The number of likely N-dealkylation sites (tertiary alicyclic amines) is 1. The van der Waals surface area contributed by atoms with E-state index in [9.17, 15) is 9.59 Å². The summed E-state index contributed by atoms with van der Waals surface area (Å²) < 4.78 is 10.0. The van der Waals surface area contributed by atoms with Gasteiger partial charge in [0.25, 0.3) is 0 Å². The van der Waals surface area contributed by atoms with E-state index < -0.39 is 5.60 Å². The Kier molecular flexibility index (Phi) is 4.76.